The first-order chi connectivity index (χ1) is 9.29. The minimum Gasteiger partial charge on any atom is -0.477 e. The van der Waals surface area contributed by atoms with Gasteiger partial charge in [-0.05, 0) is 6.92 Å². The van der Waals surface area contributed by atoms with Crippen LogP contribution in [0.3, 0.4) is 0 Å². The molecule has 0 aromatic carbocycles. The monoisotopic (exact) mass is 316 g/mol. The second-order valence-electron chi connectivity index (χ2n) is 4.00. The van der Waals surface area contributed by atoms with Crippen molar-refractivity contribution in [3.8, 4) is 0 Å². The van der Waals surface area contributed by atoms with Crippen molar-refractivity contribution in [2.24, 2.45) is 7.05 Å². The lowest BCUT2D eigenvalue weighted by molar-refractivity contribution is 0.0701. The van der Waals surface area contributed by atoms with Gasteiger partial charge in [-0.25, -0.2) is 22.9 Å². The zero-order valence-corrected chi connectivity index (χ0v) is 12.3. The molecule has 2 N–H and O–H groups in total. The number of nitrogens with one attached hydrogen (secondary N) is 1. The summed E-state index contributed by atoms with van der Waals surface area (Å²) in [6.45, 7) is 1.51. The van der Waals surface area contributed by atoms with Gasteiger partial charge in [0.2, 0.25) is 10.0 Å². The van der Waals surface area contributed by atoms with Gasteiger partial charge in [-0.2, -0.15) is 5.10 Å². The lowest BCUT2D eigenvalue weighted by Crippen LogP contribution is -2.22. The normalized spacial score (nSPS) is 11.7. The van der Waals surface area contributed by atoms with Crippen LogP contribution in [0.1, 0.15) is 20.4 Å². The van der Waals surface area contributed by atoms with Gasteiger partial charge < -0.3 is 5.11 Å². The van der Waals surface area contributed by atoms with Gasteiger partial charge in [-0.15, -0.1) is 11.3 Å². The number of hydrogen-bond acceptors (Lipinski definition) is 6. The fourth-order valence-corrected chi connectivity index (χ4v) is 3.41. The van der Waals surface area contributed by atoms with E-state index >= 15 is 0 Å². The van der Waals surface area contributed by atoms with Crippen molar-refractivity contribution in [2.45, 2.75) is 18.4 Å². The third-order valence-corrected chi connectivity index (χ3v) is 4.94. The highest BCUT2D eigenvalue weighted by Gasteiger charge is 2.18. The van der Waals surface area contributed by atoms with Crippen molar-refractivity contribution >= 4 is 27.3 Å². The number of aromatic carboxylic acids is 1. The average molecular weight is 316 g/mol. The second kappa shape index (κ2) is 5.31. The second-order valence-corrected chi connectivity index (χ2v) is 6.85. The van der Waals surface area contributed by atoms with Gasteiger partial charge >= 0.3 is 5.97 Å². The average Bonchev–Trinajstić information content (AvgIpc) is 2.93. The minimum absolute atomic E-state index is 0.0479. The van der Waals surface area contributed by atoms with E-state index in [1.807, 2.05) is 0 Å². The Morgan fingerprint density at radius 2 is 2.25 bits per heavy atom. The van der Waals surface area contributed by atoms with Crippen LogP contribution in [0.5, 0.6) is 0 Å². The molecule has 0 bridgehead atoms. The molecule has 0 aliphatic carbocycles. The first kappa shape index (κ1) is 14.6. The van der Waals surface area contributed by atoms with Crippen LogP contribution >= 0.6 is 11.3 Å². The summed E-state index contributed by atoms with van der Waals surface area (Å²) in [6, 6.07) is 0. The molecular formula is C10H12N4O4S2. The van der Waals surface area contributed by atoms with Crippen molar-refractivity contribution in [2.75, 3.05) is 0 Å². The SMILES string of the molecule is Cc1nc(CNS(=O)(=O)c2cnn(C)c2)sc1C(=O)O. The molecule has 2 aromatic rings. The molecule has 0 atom stereocenters. The summed E-state index contributed by atoms with van der Waals surface area (Å²) in [6.07, 6.45) is 2.61. The molecule has 0 saturated carbocycles. The summed E-state index contributed by atoms with van der Waals surface area (Å²) < 4.78 is 27.6. The smallest absolute Gasteiger partial charge is 0.347 e. The van der Waals surface area contributed by atoms with E-state index in [1.165, 1.54) is 17.1 Å². The van der Waals surface area contributed by atoms with E-state index < -0.39 is 16.0 Å². The van der Waals surface area contributed by atoms with Crippen molar-refractivity contribution in [3.05, 3.63) is 28.0 Å². The van der Waals surface area contributed by atoms with Crippen molar-refractivity contribution in [1.82, 2.24) is 19.5 Å². The molecule has 0 fully saturated rings. The third kappa shape index (κ3) is 3.03. The Hall–Kier alpha value is -1.78. The van der Waals surface area contributed by atoms with E-state index in [9.17, 15) is 13.2 Å². The number of sulfonamides is 1. The molecule has 20 heavy (non-hydrogen) atoms. The van der Waals surface area contributed by atoms with Gasteiger partial charge in [-0.3, -0.25) is 4.68 Å². The molecule has 2 rings (SSSR count). The summed E-state index contributed by atoms with van der Waals surface area (Å²) in [5.41, 5.74) is 0.373. The number of aromatic nitrogens is 3. The molecule has 2 heterocycles. The van der Waals surface area contributed by atoms with E-state index in [2.05, 4.69) is 14.8 Å². The molecule has 0 spiro atoms. The molecule has 0 amide bonds. The van der Waals surface area contributed by atoms with Crippen LogP contribution in [0.25, 0.3) is 0 Å². The Bertz CT molecular complexity index is 747. The zero-order chi connectivity index (χ0) is 14.9. The van der Waals surface area contributed by atoms with Crippen LogP contribution in [-0.2, 0) is 23.6 Å². The molecule has 0 aliphatic rings. The zero-order valence-electron chi connectivity index (χ0n) is 10.7. The van der Waals surface area contributed by atoms with E-state index in [0.29, 0.717) is 10.7 Å². The molecule has 0 radical (unpaired) electrons. The largest absolute Gasteiger partial charge is 0.477 e. The Kier molecular flexibility index (Phi) is 3.88. The maximum Gasteiger partial charge on any atom is 0.347 e. The highest BCUT2D eigenvalue weighted by atomic mass is 32.2. The van der Waals surface area contributed by atoms with Crippen LogP contribution in [0, 0.1) is 6.92 Å². The number of carboxylic acids is 1. The molecule has 2 aromatic heterocycles. The van der Waals surface area contributed by atoms with Gasteiger partial charge in [0.25, 0.3) is 0 Å². The predicted octanol–water partition coefficient (Wildman–Crippen LogP) is 0.362. The third-order valence-electron chi connectivity index (χ3n) is 2.44. The van der Waals surface area contributed by atoms with Crippen molar-refractivity contribution in [1.29, 1.82) is 0 Å². The summed E-state index contributed by atoms with van der Waals surface area (Å²) in [7, 11) is -2.06. The molecule has 0 aliphatic heterocycles. The lowest BCUT2D eigenvalue weighted by Gasteiger charge is -2.01. The van der Waals surface area contributed by atoms with Gasteiger partial charge in [-0.1, -0.05) is 0 Å². The number of rotatable bonds is 5. The maximum absolute atomic E-state index is 11.9. The van der Waals surface area contributed by atoms with E-state index in [1.54, 1.807) is 14.0 Å². The topological polar surface area (TPSA) is 114 Å². The number of thiazole rings is 1. The van der Waals surface area contributed by atoms with Crippen molar-refractivity contribution < 1.29 is 18.3 Å². The van der Waals surface area contributed by atoms with Gasteiger partial charge in [0, 0.05) is 13.2 Å². The predicted molar refractivity (Wildman–Crippen MR) is 71.0 cm³/mol. The number of nitrogens with zero attached hydrogens (tertiary/aromatic N) is 3. The van der Waals surface area contributed by atoms with E-state index in [0.717, 1.165) is 11.3 Å². The highest BCUT2D eigenvalue weighted by molar-refractivity contribution is 7.89. The fourth-order valence-electron chi connectivity index (χ4n) is 1.50. The Morgan fingerprint density at radius 3 is 2.75 bits per heavy atom. The molecule has 10 heteroatoms. The van der Waals surface area contributed by atoms with Crippen LogP contribution in [-0.4, -0.2) is 34.3 Å². The summed E-state index contributed by atoms with van der Waals surface area (Å²) in [5, 5.41) is 13.1. The van der Waals surface area contributed by atoms with E-state index in [-0.39, 0.29) is 16.3 Å². The van der Waals surface area contributed by atoms with E-state index in [4.69, 9.17) is 5.11 Å². The van der Waals surface area contributed by atoms with Crippen LogP contribution in [0.4, 0.5) is 0 Å². The lowest BCUT2D eigenvalue weighted by atomic mass is 10.4. The summed E-state index contributed by atoms with van der Waals surface area (Å²) in [4.78, 5) is 15.1. The minimum atomic E-state index is -3.68. The Labute approximate surface area is 119 Å². The Morgan fingerprint density at radius 1 is 1.55 bits per heavy atom. The molecular weight excluding hydrogens is 304 g/mol. The van der Waals surface area contributed by atoms with Crippen LogP contribution in [0.15, 0.2) is 17.3 Å². The number of carbonyl (C=O) groups is 1. The number of carboxylic acid groups (broad SMARTS) is 1. The number of hydrogen-bond donors (Lipinski definition) is 2. The quantitative estimate of drug-likeness (QED) is 0.823. The van der Waals surface area contributed by atoms with Crippen molar-refractivity contribution in [3.63, 3.8) is 0 Å². The van der Waals surface area contributed by atoms with Gasteiger partial charge in [0.1, 0.15) is 14.8 Å². The molecule has 0 unspecified atom stereocenters. The highest BCUT2D eigenvalue weighted by Crippen LogP contribution is 2.18. The first-order valence-corrected chi connectivity index (χ1v) is 7.77. The number of aryl methyl sites for hydroxylation is 2. The molecule has 0 saturated heterocycles. The standard InChI is InChI=1S/C10H12N4O4S2/c1-6-9(10(15)16)19-8(13-6)4-12-20(17,18)7-3-11-14(2)5-7/h3,5,12H,4H2,1-2H3,(H,15,16). The molecule has 8 nitrogen and oxygen atoms in total. The van der Waals surface area contributed by atoms with Gasteiger partial charge in [0.15, 0.2) is 0 Å². The summed E-state index contributed by atoms with van der Waals surface area (Å²) >= 11 is 0.950. The van der Waals surface area contributed by atoms with Crippen LogP contribution in [0.2, 0.25) is 0 Å². The molecule has 108 valence electrons. The van der Waals surface area contributed by atoms with Gasteiger partial charge in [0.05, 0.1) is 18.4 Å². The first-order valence-electron chi connectivity index (χ1n) is 5.47. The maximum atomic E-state index is 11.9. The van der Waals surface area contributed by atoms with Crippen LogP contribution < -0.4 is 4.72 Å². The fraction of sp³-hybridized carbons (Fsp3) is 0.300. The Balaban J connectivity index is 2.12. The summed E-state index contributed by atoms with van der Waals surface area (Å²) in [5.74, 6) is -1.07.